The molecule has 0 unspecified atom stereocenters. The zero-order valence-corrected chi connectivity index (χ0v) is 15.3. The minimum Gasteiger partial charge on any atom is -0.497 e. The van der Waals surface area contributed by atoms with Crippen molar-refractivity contribution in [2.75, 3.05) is 20.7 Å². The van der Waals surface area contributed by atoms with E-state index in [0.29, 0.717) is 13.1 Å². The van der Waals surface area contributed by atoms with Gasteiger partial charge in [-0.2, -0.15) is 0 Å². The third-order valence-electron chi connectivity index (χ3n) is 4.11. The first-order valence-electron chi connectivity index (χ1n) is 8.24. The fourth-order valence-corrected chi connectivity index (χ4v) is 3.44. The lowest BCUT2D eigenvalue weighted by Crippen LogP contribution is -2.37. The van der Waals surface area contributed by atoms with E-state index in [2.05, 4.69) is 35.0 Å². The average Bonchev–Trinajstić information content (AvgIpc) is 3.14. The summed E-state index contributed by atoms with van der Waals surface area (Å²) >= 11 is 1.72. The van der Waals surface area contributed by atoms with Crippen molar-refractivity contribution in [3.05, 3.63) is 64.4 Å². The van der Waals surface area contributed by atoms with Gasteiger partial charge in [-0.3, -0.25) is 0 Å². The van der Waals surface area contributed by atoms with Crippen LogP contribution in [-0.4, -0.2) is 31.6 Å². The fourth-order valence-electron chi connectivity index (χ4n) is 2.73. The lowest BCUT2D eigenvalue weighted by molar-refractivity contribution is 0.207. The van der Waals surface area contributed by atoms with E-state index >= 15 is 0 Å². The Balaban J connectivity index is 1.57. The van der Waals surface area contributed by atoms with Crippen LogP contribution in [0.1, 0.15) is 10.4 Å². The Kier molecular flexibility index (Phi) is 5.56. The van der Waals surface area contributed by atoms with Gasteiger partial charge in [0.05, 0.1) is 7.11 Å². The minimum atomic E-state index is -0.0496. The minimum absolute atomic E-state index is 0.0496. The molecule has 0 atom stereocenters. The molecular weight excluding hydrogens is 332 g/mol. The molecule has 0 saturated carbocycles. The van der Waals surface area contributed by atoms with Crippen molar-refractivity contribution in [2.45, 2.75) is 13.0 Å². The van der Waals surface area contributed by atoms with Crippen molar-refractivity contribution in [1.82, 2.24) is 10.2 Å². The number of nitrogens with one attached hydrogen (secondary N) is 1. The maximum Gasteiger partial charge on any atom is 0.317 e. The first-order valence-corrected chi connectivity index (χ1v) is 9.12. The zero-order chi connectivity index (χ0) is 17.6. The highest BCUT2D eigenvalue weighted by Gasteiger charge is 2.09. The van der Waals surface area contributed by atoms with Gasteiger partial charge in [0.25, 0.3) is 0 Å². The molecule has 130 valence electrons. The van der Waals surface area contributed by atoms with Crippen molar-refractivity contribution in [3.8, 4) is 5.75 Å². The molecule has 0 fully saturated rings. The molecule has 5 heteroatoms. The lowest BCUT2D eigenvalue weighted by Gasteiger charge is -2.18. The number of urea groups is 1. The predicted molar refractivity (Wildman–Crippen MR) is 103 cm³/mol. The summed E-state index contributed by atoms with van der Waals surface area (Å²) in [5, 5.41) is 7.30. The number of amides is 2. The molecule has 2 aromatic carbocycles. The van der Waals surface area contributed by atoms with E-state index in [1.807, 2.05) is 31.3 Å². The Hall–Kier alpha value is -2.53. The van der Waals surface area contributed by atoms with Gasteiger partial charge in [0, 0.05) is 25.0 Å². The van der Waals surface area contributed by atoms with Crippen LogP contribution in [0.25, 0.3) is 10.8 Å². The first kappa shape index (κ1) is 17.3. The number of hydrogen-bond donors (Lipinski definition) is 1. The number of carbonyl (C=O) groups excluding carboxylic acids is 1. The van der Waals surface area contributed by atoms with Crippen LogP contribution < -0.4 is 10.1 Å². The second-order valence-electron chi connectivity index (χ2n) is 5.96. The molecule has 2 amide bonds. The van der Waals surface area contributed by atoms with Crippen LogP contribution >= 0.6 is 11.3 Å². The van der Waals surface area contributed by atoms with Crippen molar-refractivity contribution < 1.29 is 9.53 Å². The average molecular weight is 354 g/mol. The maximum absolute atomic E-state index is 12.2. The van der Waals surface area contributed by atoms with Gasteiger partial charge in [0.1, 0.15) is 5.75 Å². The van der Waals surface area contributed by atoms with Gasteiger partial charge in [-0.05, 0) is 52.4 Å². The van der Waals surface area contributed by atoms with Crippen LogP contribution in [0.4, 0.5) is 4.79 Å². The molecule has 0 bridgehead atoms. The normalized spacial score (nSPS) is 10.6. The van der Waals surface area contributed by atoms with Crippen LogP contribution in [0, 0.1) is 0 Å². The lowest BCUT2D eigenvalue weighted by atomic mass is 10.1. The topological polar surface area (TPSA) is 41.6 Å². The number of benzene rings is 2. The molecule has 0 saturated heterocycles. The Labute approximate surface area is 152 Å². The molecule has 1 N–H and O–H groups in total. The van der Waals surface area contributed by atoms with Crippen molar-refractivity contribution >= 4 is 28.1 Å². The van der Waals surface area contributed by atoms with Crippen LogP contribution in [0.15, 0.2) is 53.9 Å². The van der Waals surface area contributed by atoms with E-state index < -0.39 is 0 Å². The number of ether oxygens (including phenoxy) is 1. The molecular formula is C20H22N2O2S. The molecule has 1 heterocycles. The van der Waals surface area contributed by atoms with E-state index in [-0.39, 0.29) is 6.03 Å². The number of nitrogens with zero attached hydrogens (tertiary/aromatic N) is 1. The number of carbonyl (C=O) groups is 1. The molecule has 0 radical (unpaired) electrons. The van der Waals surface area contributed by atoms with Crippen LogP contribution in [0.5, 0.6) is 5.75 Å². The van der Waals surface area contributed by atoms with E-state index in [1.54, 1.807) is 23.3 Å². The summed E-state index contributed by atoms with van der Waals surface area (Å²) in [6.45, 7) is 1.23. The van der Waals surface area contributed by atoms with Gasteiger partial charge in [-0.15, -0.1) is 11.3 Å². The van der Waals surface area contributed by atoms with Crippen LogP contribution in [-0.2, 0) is 13.0 Å². The van der Waals surface area contributed by atoms with Gasteiger partial charge in [-0.1, -0.05) is 24.3 Å². The van der Waals surface area contributed by atoms with Crippen molar-refractivity contribution in [3.63, 3.8) is 0 Å². The summed E-state index contributed by atoms with van der Waals surface area (Å²) in [6, 6.07) is 16.3. The number of hydrogen-bond acceptors (Lipinski definition) is 3. The second kappa shape index (κ2) is 8.03. The van der Waals surface area contributed by atoms with Crippen LogP contribution in [0.2, 0.25) is 0 Å². The molecule has 3 aromatic rings. The largest absolute Gasteiger partial charge is 0.497 e. The predicted octanol–water partition coefficient (Wildman–Crippen LogP) is 4.29. The molecule has 0 aliphatic carbocycles. The summed E-state index contributed by atoms with van der Waals surface area (Å²) in [4.78, 5) is 15.2. The van der Waals surface area contributed by atoms with Crippen molar-refractivity contribution in [1.29, 1.82) is 0 Å². The maximum atomic E-state index is 12.2. The van der Waals surface area contributed by atoms with E-state index in [1.165, 1.54) is 4.88 Å². The Morgan fingerprint density at radius 1 is 1.16 bits per heavy atom. The third kappa shape index (κ3) is 4.51. The molecule has 25 heavy (non-hydrogen) atoms. The standard InChI is InChI=1S/C20H22N2O2S/c1-22(20(23)21-10-9-19-4-3-11-25-19)14-15-5-6-17-13-18(24-2)8-7-16(17)12-15/h3-8,11-13H,9-10,14H2,1-2H3,(H,21,23). The molecule has 0 spiro atoms. The summed E-state index contributed by atoms with van der Waals surface area (Å²) < 4.78 is 5.25. The highest BCUT2D eigenvalue weighted by molar-refractivity contribution is 7.09. The highest BCUT2D eigenvalue weighted by atomic mass is 32.1. The van der Waals surface area contributed by atoms with E-state index in [9.17, 15) is 4.79 Å². The quantitative estimate of drug-likeness (QED) is 0.717. The SMILES string of the molecule is COc1ccc2cc(CN(C)C(=O)NCCc3cccs3)ccc2c1. The summed E-state index contributed by atoms with van der Waals surface area (Å²) in [6.07, 6.45) is 0.870. The fraction of sp³-hybridized carbons (Fsp3) is 0.250. The highest BCUT2D eigenvalue weighted by Crippen LogP contribution is 2.22. The smallest absolute Gasteiger partial charge is 0.317 e. The first-order chi connectivity index (χ1) is 12.2. The molecule has 4 nitrogen and oxygen atoms in total. The summed E-state index contributed by atoms with van der Waals surface area (Å²) in [5.74, 6) is 0.850. The zero-order valence-electron chi connectivity index (χ0n) is 14.5. The number of thiophene rings is 1. The Morgan fingerprint density at radius 2 is 1.96 bits per heavy atom. The Morgan fingerprint density at radius 3 is 2.72 bits per heavy atom. The molecule has 0 aliphatic heterocycles. The third-order valence-corrected chi connectivity index (χ3v) is 5.04. The number of fused-ring (bicyclic) bond motifs is 1. The van der Waals surface area contributed by atoms with E-state index in [0.717, 1.165) is 28.5 Å². The van der Waals surface area contributed by atoms with Gasteiger partial charge in [-0.25, -0.2) is 4.79 Å². The monoisotopic (exact) mass is 354 g/mol. The number of rotatable bonds is 6. The molecule has 0 aliphatic rings. The van der Waals surface area contributed by atoms with Gasteiger partial charge < -0.3 is 15.0 Å². The summed E-state index contributed by atoms with van der Waals surface area (Å²) in [5.41, 5.74) is 1.11. The van der Waals surface area contributed by atoms with Gasteiger partial charge >= 0.3 is 6.03 Å². The Bertz CT molecular complexity index is 846. The molecule has 1 aromatic heterocycles. The van der Waals surface area contributed by atoms with Crippen LogP contribution in [0.3, 0.4) is 0 Å². The van der Waals surface area contributed by atoms with Gasteiger partial charge in [0.2, 0.25) is 0 Å². The molecule has 3 rings (SSSR count). The number of methoxy groups -OCH3 is 1. The van der Waals surface area contributed by atoms with E-state index in [4.69, 9.17) is 4.74 Å². The van der Waals surface area contributed by atoms with Crippen molar-refractivity contribution in [2.24, 2.45) is 0 Å². The summed E-state index contributed by atoms with van der Waals surface area (Å²) in [7, 11) is 3.49. The van der Waals surface area contributed by atoms with Gasteiger partial charge in [0.15, 0.2) is 0 Å². The second-order valence-corrected chi connectivity index (χ2v) is 7.00.